The molecule has 1 aliphatic rings. The second-order valence-corrected chi connectivity index (χ2v) is 7.44. The van der Waals surface area contributed by atoms with Gasteiger partial charge in [0.15, 0.2) is 0 Å². The lowest BCUT2D eigenvalue weighted by molar-refractivity contribution is 0.0628. The van der Waals surface area contributed by atoms with E-state index in [1.54, 1.807) is 12.1 Å². The zero-order valence-corrected chi connectivity index (χ0v) is 12.7. The van der Waals surface area contributed by atoms with E-state index in [4.69, 9.17) is 23.2 Å². The Balaban J connectivity index is 2.35. The van der Waals surface area contributed by atoms with Crippen molar-refractivity contribution < 1.29 is 13.5 Å². The van der Waals surface area contributed by atoms with E-state index in [1.165, 1.54) is 10.4 Å². The van der Waals surface area contributed by atoms with Gasteiger partial charge in [-0.05, 0) is 24.5 Å². The lowest BCUT2D eigenvalue weighted by Crippen LogP contribution is -2.44. The molecular formula is C12H15Cl2NO3S. The van der Waals surface area contributed by atoms with Gasteiger partial charge in [0.1, 0.15) is 4.90 Å². The lowest BCUT2D eigenvalue weighted by atomic mass is 9.99. The van der Waals surface area contributed by atoms with Crippen molar-refractivity contribution in [2.45, 2.75) is 24.3 Å². The Morgan fingerprint density at radius 1 is 1.37 bits per heavy atom. The Bertz CT molecular complexity index is 576. The summed E-state index contributed by atoms with van der Waals surface area (Å²) in [5.41, 5.74) is 0. The maximum absolute atomic E-state index is 12.5. The number of benzene rings is 1. The van der Waals surface area contributed by atoms with Crippen molar-refractivity contribution in [1.82, 2.24) is 4.31 Å². The van der Waals surface area contributed by atoms with Gasteiger partial charge in [-0.15, -0.1) is 0 Å². The molecule has 1 heterocycles. The van der Waals surface area contributed by atoms with Gasteiger partial charge >= 0.3 is 0 Å². The van der Waals surface area contributed by atoms with Crippen LogP contribution in [0, 0.1) is 5.92 Å². The first-order valence-electron chi connectivity index (χ1n) is 5.96. The molecule has 0 aliphatic carbocycles. The van der Waals surface area contributed by atoms with Crippen LogP contribution in [-0.2, 0) is 10.0 Å². The highest BCUT2D eigenvalue weighted by molar-refractivity contribution is 7.89. The fourth-order valence-corrected chi connectivity index (χ4v) is 4.43. The monoisotopic (exact) mass is 323 g/mol. The van der Waals surface area contributed by atoms with Crippen molar-refractivity contribution in [1.29, 1.82) is 0 Å². The van der Waals surface area contributed by atoms with E-state index < -0.39 is 16.1 Å². The number of rotatable bonds is 2. The standard InChI is InChI=1S/C12H15Cl2NO3S/c1-8-7-15(6-5-10(8)16)19(17,18)11-4-2-3-9(13)12(11)14/h2-4,8,10,16H,5-7H2,1H3. The predicted molar refractivity (Wildman–Crippen MR) is 75.0 cm³/mol. The first kappa shape index (κ1) is 15.1. The minimum absolute atomic E-state index is 0.0188. The summed E-state index contributed by atoms with van der Waals surface area (Å²) < 4.78 is 26.4. The molecule has 0 radical (unpaired) electrons. The number of hydrogen-bond donors (Lipinski definition) is 1. The fraction of sp³-hybridized carbons (Fsp3) is 0.500. The van der Waals surface area contributed by atoms with Gasteiger partial charge in [-0.3, -0.25) is 0 Å². The maximum Gasteiger partial charge on any atom is 0.244 e. The van der Waals surface area contributed by atoms with Crippen molar-refractivity contribution in [3.8, 4) is 0 Å². The third-order valence-electron chi connectivity index (χ3n) is 3.36. The Labute approximate surface area is 123 Å². The molecule has 0 bridgehead atoms. The van der Waals surface area contributed by atoms with Crippen molar-refractivity contribution in [2.75, 3.05) is 13.1 Å². The van der Waals surface area contributed by atoms with Gasteiger partial charge in [0, 0.05) is 13.1 Å². The third kappa shape index (κ3) is 2.90. The first-order valence-corrected chi connectivity index (χ1v) is 8.16. The van der Waals surface area contributed by atoms with Crippen LogP contribution in [0.25, 0.3) is 0 Å². The highest BCUT2D eigenvalue weighted by Gasteiger charge is 2.33. The number of piperidine rings is 1. The number of aliphatic hydroxyl groups is 1. The quantitative estimate of drug-likeness (QED) is 0.909. The number of sulfonamides is 1. The summed E-state index contributed by atoms with van der Waals surface area (Å²) in [5, 5.41) is 9.92. The van der Waals surface area contributed by atoms with Gasteiger partial charge in [-0.25, -0.2) is 8.42 Å². The van der Waals surface area contributed by atoms with Gasteiger partial charge in [0.05, 0.1) is 16.1 Å². The molecule has 1 aromatic rings. The first-order chi connectivity index (χ1) is 8.84. The molecule has 19 heavy (non-hydrogen) atoms. The van der Waals surface area contributed by atoms with Crippen LogP contribution in [0.15, 0.2) is 23.1 Å². The molecule has 0 spiro atoms. The third-order valence-corrected chi connectivity index (χ3v) is 6.20. The van der Waals surface area contributed by atoms with Crippen LogP contribution in [0.2, 0.25) is 10.0 Å². The molecule has 1 aromatic carbocycles. The minimum atomic E-state index is -3.67. The molecule has 106 valence electrons. The Morgan fingerprint density at radius 3 is 2.68 bits per heavy atom. The van der Waals surface area contributed by atoms with E-state index >= 15 is 0 Å². The molecule has 0 aromatic heterocycles. The van der Waals surface area contributed by atoms with Crippen molar-refractivity contribution in [2.24, 2.45) is 5.92 Å². The lowest BCUT2D eigenvalue weighted by Gasteiger charge is -2.33. The van der Waals surface area contributed by atoms with Crippen LogP contribution in [0.3, 0.4) is 0 Å². The molecule has 1 N–H and O–H groups in total. The van der Waals surface area contributed by atoms with Gasteiger partial charge < -0.3 is 5.11 Å². The van der Waals surface area contributed by atoms with Crippen molar-refractivity contribution >= 4 is 33.2 Å². The van der Waals surface area contributed by atoms with E-state index in [9.17, 15) is 13.5 Å². The van der Waals surface area contributed by atoms with Crippen LogP contribution in [-0.4, -0.2) is 37.0 Å². The summed E-state index contributed by atoms with van der Waals surface area (Å²) in [6.07, 6.45) is -0.0280. The summed E-state index contributed by atoms with van der Waals surface area (Å²) in [7, 11) is -3.67. The van der Waals surface area contributed by atoms with Gasteiger partial charge in [0.25, 0.3) is 0 Å². The smallest absolute Gasteiger partial charge is 0.244 e. The van der Waals surface area contributed by atoms with Gasteiger partial charge in [0.2, 0.25) is 10.0 Å². The second-order valence-electron chi connectivity index (χ2n) is 4.75. The summed E-state index contributed by atoms with van der Waals surface area (Å²) in [4.78, 5) is 0.0188. The molecule has 2 atom stereocenters. The number of aliphatic hydroxyl groups excluding tert-OH is 1. The highest BCUT2D eigenvalue weighted by Crippen LogP contribution is 2.32. The highest BCUT2D eigenvalue weighted by atomic mass is 35.5. The van der Waals surface area contributed by atoms with Gasteiger partial charge in [-0.1, -0.05) is 36.2 Å². The number of hydrogen-bond acceptors (Lipinski definition) is 3. The molecule has 1 aliphatic heterocycles. The minimum Gasteiger partial charge on any atom is -0.393 e. The molecule has 0 amide bonds. The fourth-order valence-electron chi connectivity index (χ4n) is 2.14. The summed E-state index contributed by atoms with van der Waals surface area (Å²) >= 11 is 11.8. The van der Waals surface area contributed by atoms with E-state index in [1.807, 2.05) is 6.92 Å². The van der Waals surface area contributed by atoms with Crippen LogP contribution in [0.5, 0.6) is 0 Å². The van der Waals surface area contributed by atoms with Crippen LogP contribution >= 0.6 is 23.2 Å². The molecule has 4 nitrogen and oxygen atoms in total. The topological polar surface area (TPSA) is 57.6 Å². The normalized spacial score (nSPS) is 25.5. The maximum atomic E-state index is 12.5. The Hall–Kier alpha value is -0.330. The van der Waals surface area contributed by atoms with E-state index in [-0.39, 0.29) is 33.9 Å². The van der Waals surface area contributed by atoms with Crippen LogP contribution < -0.4 is 0 Å². The average molecular weight is 324 g/mol. The average Bonchev–Trinajstić information content (AvgIpc) is 2.35. The zero-order valence-electron chi connectivity index (χ0n) is 10.4. The molecule has 2 unspecified atom stereocenters. The summed E-state index contributed by atoms with van der Waals surface area (Å²) in [5.74, 6) is -0.0958. The SMILES string of the molecule is CC1CN(S(=O)(=O)c2cccc(Cl)c2Cl)CCC1O. The molecule has 0 saturated carbocycles. The van der Waals surface area contributed by atoms with Crippen LogP contribution in [0.1, 0.15) is 13.3 Å². The number of halogens is 2. The molecule has 2 rings (SSSR count). The van der Waals surface area contributed by atoms with Crippen molar-refractivity contribution in [3.63, 3.8) is 0 Å². The number of nitrogens with zero attached hydrogens (tertiary/aromatic N) is 1. The largest absolute Gasteiger partial charge is 0.393 e. The zero-order chi connectivity index (χ0) is 14.2. The molecule has 7 heteroatoms. The van der Waals surface area contributed by atoms with E-state index in [0.717, 1.165) is 0 Å². The second kappa shape index (κ2) is 5.58. The molecule has 1 saturated heterocycles. The van der Waals surface area contributed by atoms with Crippen LogP contribution in [0.4, 0.5) is 0 Å². The van der Waals surface area contributed by atoms with E-state index in [2.05, 4.69) is 0 Å². The van der Waals surface area contributed by atoms with Gasteiger partial charge in [-0.2, -0.15) is 4.31 Å². The van der Waals surface area contributed by atoms with Crippen molar-refractivity contribution in [3.05, 3.63) is 28.2 Å². The Kier molecular flexibility index (Phi) is 4.42. The summed E-state index contributed by atoms with van der Waals surface area (Å²) in [6, 6.07) is 4.55. The molecular weight excluding hydrogens is 309 g/mol. The molecule has 1 fully saturated rings. The summed E-state index contributed by atoms with van der Waals surface area (Å²) in [6.45, 7) is 2.40. The Morgan fingerprint density at radius 2 is 2.05 bits per heavy atom. The predicted octanol–water partition coefficient (Wildman–Crippen LogP) is 2.38. The van der Waals surface area contributed by atoms with E-state index in [0.29, 0.717) is 6.42 Å².